The van der Waals surface area contributed by atoms with Crippen molar-refractivity contribution in [1.82, 2.24) is 0 Å². The first-order valence-corrected chi connectivity index (χ1v) is 4.06. The van der Waals surface area contributed by atoms with E-state index in [4.69, 9.17) is 0 Å². The van der Waals surface area contributed by atoms with Gasteiger partial charge in [0.05, 0.1) is 0 Å². The van der Waals surface area contributed by atoms with Gasteiger partial charge >= 0.3 is 0 Å². The van der Waals surface area contributed by atoms with E-state index in [0.717, 1.165) is 0 Å². The first-order chi connectivity index (χ1) is 4.84. The zero-order valence-electron chi connectivity index (χ0n) is 8.14. The lowest BCUT2D eigenvalue weighted by molar-refractivity contribution is -0.121. The van der Waals surface area contributed by atoms with Crippen LogP contribution in [0.25, 0.3) is 0 Å². The molecular weight excluding hydrogens is 136 g/mol. The molecule has 0 aliphatic rings. The van der Waals surface area contributed by atoms with Crippen molar-refractivity contribution in [3.8, 4) is 0 Å². The van der Waals surface area contributed by atoms with Crippen molar-refractivity contribution in [2.24, 2.45) is 11.3 Å². The summed E-state index contributed by atoms with van der Waals surface area (Å²) in [5.41, 5.74) is -0.231. The third-order valence-corrected chi connectivity index (χ3v) is 1.37. The summed E-state index contributed by atoms with van der Waals surface area (Å²) in [5, 5.41) is 0. The number of hydrogen-bond acceptors (Lipinski definition) is 1. The minimum absolute atomic E-state index is 0.200. The molecule has 0 spiro atoms. The van der Waals surface area contributed by atoms with Crippen molar-refractivity contribution >= 4 is 5.78 Å². The lowest BCUT2D eigenvalue weighted by Crippen LogP contribution is -2.17. The summed E-state index contributed by atoms with van der Waals surface area (Å²) in [7, 11) is 0. The first kappa shape index (κ1) is 10.4. The van der Waals surface area contributed by atoms with Crippen molar-refractivity contribution < 1.29 is 4.79 Å². The van der Waals surface area contributed by atoms with Crippen LogP contribution in [0.4, 0.5) is 0 Å². The highest BCUT2D eigenvalue weighted by atomic mass is 16.1. The van der Waals surface area contributed by atoms with Crippen LogP contribution in [0.2, 0.25) is 0 Å². The Morgan fingerprint density at radius 3 is 2.00 bits per heavy atom. The molecule has 0 aromatic rings. The molecule has 0 aromatic heterocycles. The standard InChI is InChI=1S/C10H18O/c1-8(2)6-7-9(11)10(3,4)5/h6-8H,1-5H3/b7-6-. The average Bonchev–Trinajstić information content (AvgIpc) is 1.80. The largest absolute Gasteiger partial charge is 0.294 e. The lowest BCUT2D eigenvalue weighted by Gasteiger charge is -2.13. The summed E-state index contributed by atoms with van der Waals surface area (Å²) < 4.78 is 0. The third-order valence-electron chi connectivity index (χ3n) is 1.37. The lowest BCUT2D eigenvalue weighted by atomic mass is 9.90. The molecule has 0 N–H and O–H groups in total. The Morgan fingerprint density at radius 1 is 1.27 bits per heavy atom. The Bertz CT molecular complexity index is 158. The van der Waals surface area contributed by atoms with Crippen LogP contribution in [0.1, 0.15) is 34.6 Å². The molecule has 0 heterocycles. The van der Waals surface area contributed by atoms with E-state index in [1.165, 1.54) is 0 Å². The molecular formula is C10H18O. The van der Waals surface area contributed by atoms with Gasteiger partial charge in [0, 0.05) is 5.41 Å². The van der Waals surface area contributed by atoms with E-state index in [2.05, 4.69) is 13.8 Å². The maximum Gasteiger partial charge on any atom is 0.160 e. The molecule has 0 saturated heterocycles. The minimum atomic E-state index is -0.231. The van der Waals surface area contributed by atoms with Gasteiger partial charge in [-0.05, 0) is 12.0 Å². The number of allylic oxidation sites excluding steroid dienone is 2. The van der Waals surface area contributed by atoms with Gasteiger partial charge in [-0.3, -0.25) is 4.79 Å². The molecule has 0 radical (unpaired) electrons. The summed E-state index contributed by atoms with van der Waals surface area (Å²) in [6.45, 7) is 9.92. The van der Waals surface area contributed by atoms with Gasteiger partial charge in [0.2, 0.25) is 0 Å². The second-order valence-electron chi connectivity index (χ2n) is 4.22. The van der Waals surface area contributed by atoms with Gasteiger partial charge in [0.25, 0.3) is 0 Å². The molecule has 0 saturated carbocycles. The van der Waals surface area contributed by atoms with E-state index in [9.17, 15) is 4.79 Å². The van der Waals surface area contributed by atoms with Crippen molar-refractivity contribution in [3.05, 3.63) is 12.2 Å². The smallest absolute Gasteiger partial charge is 0.160 e. The van der Waals surface area contributed by atoms with Gasteiger partial charge in [-0.1, -0.05) is 40.7 Å². The number of carbonyl (C=O) groups excluding carboxylic acids is 1. The van der Waals surface area contributed by atoms with Gasteiger partial charge in [-0.2, -0.15) is 0 Å². The van der Waals surface area contributed by atoms with E-state index in [-0.39, 0.29) is 11.2 Å². The fraction of sp³-hybridized carbons (Fsp3) is 0.700. The molecule has 0 unspecified atom stereocenters. The average molecular weight is 154 g/mol. The zero-order valence-corrected chi connectivity index (χ0v) is 8.14. The van der Waals surface area contributed by atoms with Gasteiger partial charge in [0.1, 0.15) is 0 Å². The fourth-order valence-corrected chi connectivity index (χ4v) is 0.530. The van der Waals surface area contributed by atoms with Crippen molar-refractivity contribution in [3.63, 3.8) is 0 Å². The molecule has 0 amide bonds. The molecule has 0 aliphatic carbocycles. The van der Waals surface area contributed by atoms with E-state index in [0.29, 0.717) is 5.92 Å². The quantitative estimate of drug-likeness (QED) is 0.559. The summed E-state index contributed by atoms with van der Waals surface area (Å²) in [4.78, 5) is 11.3. The number of hydrogen-bond donors (Lipinski definition) is 0. The maximum absolute atomic E-state index is 11.3. The summed E-state index contributed by atoms with van der Waals surface area (Å²) in [6.07, 6.45) is 3.62. The molecule has 0 rings (SSSR count). The van der Waals surface area contributed by atoms with E-state index >= 15 is 0 Å². The van der Waals surface area contributed by atoms with Crippen LogP contribution in [-0.4, -0.2) is 5.78 Å². The van der Waals surface area contributed by atoms with Gasteiger partial charge < -0.3 is 0 Å². The second kappa shape index (κ2) is 3.70. The Kier molecular flexibility index (Phi) is 3.50. The molecule has 1 nitrogen and oxygen atoms in total. The minimum Gasteiger partial charge on any atom is -0.294 e. The fourth-order valence-electron chi connectivity index (χ4n) is 0.530. The molecule has 0 aliphatic heterocycles. The predicted octanol–water partition coefficient (Wildman–Crippen LogP) is 2.81. The second-order valence-corrected chi connectivity index (χ2v) is 4.22. The molecule has 0 atom stereocenters. The van der Waals surface area contributed by atoms with Gasteiger partial charge in [-0.25, -0.2) is 0 Å². The molecule has 0 bridgehead atoms. The molecule has 64 valence electrons. The van der Waals surface area contributed by atoms with Crippen LogP contribution in [-0.2, 0) is 4.79 Å². The Labute approximate surface area is 69.5 Å². The Morgan fingerprint density at radius 2 is 1.73 bits per heavy atom. The number of carbonyl (C=O) groups is 1. The number of ketones is 1. The van der Waals surface area contributed by atoms with Crippen LogP contribution in [0, 0.1) is 11.3 Å². The van der Waals surface area contributed by atoms with Crippen LogP contribution in [0.3, 0.4) is 0 Å². The highest BCUT2D eigenvalue weighted by Gasteiger charge is 2.17. The third kappa shape index (κ3) is 4.77. The normalized spacial score (nSPS) is 12.9. The molecule has 0 aromatic carbocycles. The molecule has 11 heavy (non-hydrogen) atoms. The summed E-state index contributed by atoms with van der Waals surface area (Å²) in [6, 6.07) is 0. The predicted molar refractivity (Wildman–Crippen MR) is 48.4 cm³/mol. The summed E-state index contributed by atoms with van der Waals surface area (Å²) >= 11 is 0. The highest BCUT2D eigenvalue weighted by molar-refractivity contribution is 5.93. The van der Waals surface area contributed by atoms with E-state index < -0.39 is 0 Å². The highest BCUT2D eigenvalue weighted by Crippen LogP contribution is 2.15. The van der Waals surface area contributed by atoms with E-state index in [1.807, 2.05) is 26.8 Å². The molecule has 1 heteroatoms. The van der Waals surface area contributed by atoms with Crippen LogP contribution < -0.4 is 0 Å². The monoisotopic (exact) mass is 154 g/mol. The molecule has 0 fully saturated rings. The first-order valence-electron chi connectivity index (χ1n) is 4.06. The van der Waals surface area contributed by atoms with Crippen molar-refractivity contribution in [2.45, 2.75) is 34.6 Å². The van der Waals surface area contributed by atoms with Crippen LogP contribution in [0.15, 0.2) is 12.2 Å². The zero-order chi connectivity index (χ0) is 9.07. The van der Waals surface area contributed by atoms with Crippen molar-refractivity contribution in [2.75, 3.05) is 0 Å². The Balaban J connectivity index is 4.09. The van der Waals surface area contributed by atoms with Gasteiger partial charge in [-0.15, -0.1) is 0 Å². The van der Waals surface area contributed by atoms with Gasteiger partial charge in [0.15, 0.2) is 5.78 Å². The van der Waals surface area contributed by atoms with Crippen LogP contribution in [0.5, 0.6) is 0 Å². The maximum atomic E-state index is 11.3. The topological polar surface area (TPSA) is 17.1 Å². The van der Waals surface area contributed by atoms with Crippen molar-refractivity contribution in [1.29, 1.82) is 0 Å². The van der Waals surface area contributed by atoms with E-state index in [1.54, 1.807) is 6.08 Å². The Hall–Kier alpha value is -0.590. The SMILES string of the molecule is CC(C)/C=C\C(=O)C(C)(C)C. The van der Waals surface area contributed by atoms with Crippen LogP contribution >= 0.6 is 0 Å². The number of rotatable bonds is 2. The summed E-state index contributed by atoms with van der Waals surface area (Å²) in [5.74, 6) is 0.660.